The molecule has 2 radical (unpaired) electrons. The van der Waals surface area contributed by atoms with Gasteiger partial charge >= 0.3 is 0 Å². The van der Waals surface area contributed by atoms with Gasteiger partial charge in [0.05, 0.1) is 0 Å². The predicted molar refractivity (Wildman–Crippen MR) is 139 cm³/mol. The normalized spacial score (nSPS) is 10.0. The van der Waals surface area contributed by atoms with Crippen LogP contribution in [-0.4, -0.2) is 33.0 Å². The minimum Gasteiger partial charge on any atom is -0.820 e. The Labute approximate surface area is 282 Å². The molecule has 0 aromatic carbocycles. The summed E-state index contributed by atoms with van der Waals surface area (Å²) in [5.74, 6) is 0. The maximum absolute atomic E-state index is 9.69. The molecule has 0 aliphatic rings. The molecule has 0 saturated carbocycles. The molecule has 0 fully saturated rings. The van der Waals surface area contributed by atoms with Crippen LogP contribution in [0.1, 0.15) is 98.8 Å². The molecule has 0 N–H and O–H groups in total. The van der Waals surface area contributed by atoms with Crippen molar-refractivity contribution in [3.8, 4) is 0 Å². The summed E-state index contributed by atoms with van der Waals surface area (Å²) in [7, 11) is -13.1. The van der Waals surface area contributed by atoms with Crippen molar-refractivity contribution in [2.75, 3.05) is 33.0 Å². The molecule has 0 spiro atoms. The molecule has 22 heteroatoms. The van der Waals surface area contributed by atoms with Crippen LogP contribution >= 0.6 is 43.0 Å². The van der Waals surface area contributed by atoms with Gasteiger partial charge in [-0.1, -0.05) is 66.7 Å². The Balaban J connectivity index is -0.0000000721. The molecule has 0 saturated heterocycles. The molecular weight excluding hydrogens is 737 g/mol. The van der Waals surface area contributed by atoms with Crippen molar-refractivity contribution in [3.05, 3.63) is 0 Å². The van der Waals surface area contributed by atoms with Gasteiger partial charge in [0.1, 0.15) is 0 Å². The smallest absolute Gasteiger partial charge is 0.0476 e. The summed E-state index contributed by atoms with van der Waals surface area (Å²) < 4.78 is 21.2. The molecule has 0 aliphatic carbocycles. The maximum atomic E-state index is 9.69. The van der Waals surface area contributed by atoms with Crippen LogP contribution in [0.3, 0.4) is 0 Å². The Morgan fingerprint density at radius 1 is 0.310 bits per heavy atom. The summed E-state index contributed by atoms with van der Waals surface area (Å²) in [4.78, 5) is 96.9. The zero-order chi connectivity index (χ0) is 32.0. The summed E-state index contributed by atoms with van der Waals surface area (Å²) in [6.45, 7) is 11.5. The van der Waals surface area contributed by atoms with Crippen molar-refractivity contribution in [1.82, 2.24) is 0 Å². The summed E-state index contributed by atoms with van der Waals surface area (Å²) >= 11 is 0. The van der Waals surface area contributed by atoms with E-state index in [0.29, 0.717) is 33.0 Å². The van der Waals surface area contributed by atoms with E-state index < -0.39 is 43.0 Å². The first-order valence-corrected chi connectivity index (χ1v) is 18.2. The molecule has 0 amide bonds. The molecule has 260 valence electrons. The van der Waals surface area contributed by atoms with Crippen molar-refractivity contribution in [2.24, 2.45) is 0 Å². The van der Waals surface area contributed by atoms with E-state index in [0.717, 1.165) is 64.2 Å². The van der Waals surface area contributed by atoms with Crippen LogP contribution in [0.5, 0.6) is 0 Å². The van der Waals surface area contributed by atoms with Crippen LogP contribution in [0.25, 0.3) is 0 Å². The SMILES string of the molecule is CCCCOP([O-])[O-].CCCCOP([O-])[O-].CCCCOP([O-])[O-].CCCCOP([O-])[O-].CCCCOP([O-])[O-].[V].[V]. The second-order valence-corrected chi connectivity index (χ2v) is 10.6. The zero-order valence-corrected chi connectivity index (χ0v) is 32.1. The number of hydrogen-bond donors (Lipinski definition) is 0. The standard InChI is InChI=1S/5C4H9O3P.2V/c5*1-2-3-4-7-8(5)6;;/h5*2-4H2,1H3;;/q5*-2;;. The maximum Gasteiger partial charge on any atom is 0.0476 e. The summed E-state index contributed by atoms with van der Waals surface area (Å²) in [6, 6.07) is 0. The van der Waals surface area contributed by atoms with Crippen LogP contribution in [0.2, 0.25) is 0 Å². The van der Waals surface area contributed by atoms with Gasteiger partial charge in [0.25, 0.3) is 0 Å². The van der Waals surface area contributed by atoms with Crippen molar-refractivity contribution in [3.63, 3.8) is 0 Å². The van der Waals surface area contributed by atoms with Gasteiger partial charge in [-0.2, -0.15) is 43.0 Å². The predicted octanol–water partition coefficient (Wildman–Crippen LogP) is -1.25. The number of rotatable bonds is 20. The molecular formula is C20H45O15P5V2-10. The van der Waals surface area contributed by atoms with Crippen molar-refractivity contribution in [1.29, 1.82) is 0 Å². The molecule has 0 aliphatic heterocycles. The van der Waals surface area contributed by atoms with Crippen LogP contribution in [0.4, 0.5) is 0 Å². The van der Waals surface area contributed by atoms with Gasteiger partial charge in [0.2, 0.25) is 0 Å². The number of hydrogen-bond acceptors (Lipinski definition) is 15. The Hall–Kier alpha value is 2.72. The Morgan fingerprint density at radius 3 is 0.500 bits per heavy atom. The molecule has 0 unspecified atom stereocenters. The van der Waals surface area contributed by atoms with Gasteiger partial charge in [-0.25, -0.2) is 0 Å². The van der Waals surface area contributed by atoms with Gasteiger partial charge in [0.15, 0.2) is 0 Å². The zero-order valence-electron chi connectivity index (χ0n) is 24.9. The van der Waals surface area contributed by atoms with Crippen LogP contribution in [0, 0.1) is 0 Å². The third-order valence-electron chi connectivity index (χ3n) is 3.47. The molecule has 42 heavy (non-hydrogen) atoms. The van der Waals surface area contributed by atoms with Crippen LogP contribution in [-0.2, 0) is 59.7 Å². The number of unbranched alkanes of at least 4 members (excludes halogenated alkanes) is 5. The Morgan fingerprint density at radius 2 is 0.429 bits per heavy atom. The van der Waals surface area contributed by atoms with E-state index in [4.69, 9.17) is 0 Å². The topological polar surface area (TPSA) is 277 Å². The van der Waals surface area contributed by atoms with Gasteiger partial charge in [0, 0.05) is 70.1 Å². The summed E-state index contributed by atoms with van der Waals surface area (Å²) in [5, 5.41) is 0. The first-order valence-electron chi connectivity index (χ1n) is 12.7. The van der Waals surface area contributed by atoms with E-state index in [1.54, 1.807) is 0 Å². The van der Waals surface area contributed by atoms with Crippen LogP contribution < -0.4 is 48.9 Å². The van der Waals surface area contributed by atoms with Crippen molar-refractivity contribution >= 4 is 43.0 Å². The van der Waals surface area contributed by atoms with Crippen molar-refractivity contribution < 1.29 is 109 Å². The Kier molecular flexibility index (Phi) is 80.2. The fourth-order valence-electron chi connectivity index (χ4n) is 1.42. The first kappa shape index (κ1) is 60.1. The molecule has 0 bridgehead atoms. The van der Waals surface area contributed by atoms with E-state index in [1.807, 2.05) is 34.6 Å². The minimum absolute atomic E-state index is 0. The van der Waals surface area contributed by atoms with E-state index in [-0.39, 0.29) is 37.1 Å². The monoisotopic (exact) mass is 782 g/mol. The molecule has 0 aromatic rings. The van der Waals surface area contributed by atoms with Crippen molar-refractivity contribution in [2.45, 2.75) is 98.8 Å². The van der Waals surface area contributed by atoms with Gasteiger partial charge in [-0.05, 0) is 32.1 Å². The summed E-state index contributed by atoms with van der Waals surface area (Å²) in [5.41, 5.74) is 0. The van der Waals surface area contributed by atoms with E-state index in [9.17, 15) is 48.9 Å². The van der Waals surface area contributed by atoms with Gasteiger partial charge < -0.3 is 71.6 Å². The fraction of sp³-hybridized carbons (Fsp3) is 1.00. The minimum atomic E-state index is -2.61. The third-order valence-corrected chi connectivity index (χ3v) is 5.44. The van der Waals surface area contributed by atoms with E-state index in [2.05, 4.69) is 22.6 Å². The Bertz CT molecular complexity index is 336. The second-order valence-electron chi connectivity index (χ2n) is 7.05. The molecule has 0 aromatic heterocycles. The first-order chi connectivity index (χ1) is 18.9. The average molecular weight is 782 g/mol. The van der Waals surface area contributed by atoms with Gasteiger partial charge in [-0.3, -0.25) is 0 Å². The quantitative estimate of drug-likeness (QED) is 0.103. The molecule has 15 nitrogen and oxygen atoms in total. The molecule has 0 atom stereocenters. The molecule has 0 rings (SSSR count). The largest absolute Gasteiger partial charge is 0.820 e. The average Bonchev–Trinajstić information content (AvgIpc) is 2.86. The summed E-state index contributed by atoms with van der Waals surface area (Å²) in [6.07, 6.45) is 8.85. The van der Waals surface area contributed by atoms with E-state index >= 15 is 0 Å². The van der Waals surface area contributed by atoms with Gasteiger partial charge in [-0.15, -0.1) is 0 Å². The third kappa shape index (κ3) is 96.8. The van der Waals surface area contributed by atoms with E-state index in [1.165, 1.54) is 0 Å². The fourth-order valence-corrected chi connectivity index (χ4v) is 2.81. The van der Waals surface area contributed by atoms with Crippen LogP contribution in [0.15, 0.2) is 0 Å². The molecule has 0 heterocycles. The second kappa shape index (κ2) is 56.1.